The van der Waals surface area contributed by atoms with Crippen LogP contribution in [-0.2, 0) is 15.2 Å². The molecule has 5 nitrogen and oxygen atoms in total. The molecule has 6 aromatic rings. The molecule has 0 aliphatic heterocycles. The molecule has 0 amide bonds. The van der Waals surface area contributed by atoms with E-state index >= 15 is 0 Å². The number of hydrogen-bond acceptors (Lipinski definition) is 5. The zero-order chi connectivity index (χ0) is 35.8. The van der Waals surface area contributed by atoms with E-state index in [9.17, 15) is 0 Å². The molecule has 6 rings (SSSR count). The third kappa shape index (κ3) is 8.45. The van der Waals surface area contributed by atoms with Gasteiger partial charge in [-0.15, -0.1) is 0 Å². The van der Waals surface area contributed by atoms with Crippen LogP contribution in [0.15, 0.2) is 146 Å². The Hall–Kier alpha value is -5.09. The van der Waals surface area contributed by atoms with Crippen molar-refractivity contribution in [2.45, 2.75) is 38.1 Å². The van der Waals surface area contributed by atoms with Crippen molar-refractivity contribution in [2.75, 3.05) is 13.2 Å². The van der Waals surface area contributed by atoms with Crippen LogP contribution < -0.4 is 18.9 Å². The summed E-state index contributed by atoms with van der Waals surface area (Å²) in [6, 6.07) is 47.7. The molecule has 0 saturated carbocycles. The molecule has 0 saturated heterocycles. The monoisotopic (exact) mass is 704 g/mol. The Bertz CT molecular complexity index is 1880. The average Bonchev–Trinajstić information content (AvgIpc) is 3.13. The molecule has 2 atom stereocenters. The minimum Gasteiger partial charge on any atom is -0.494 e. The first-order chi connectivity index (χ1) is 24.7. The molecule has 0 heterocycles. The van der Waals surface area contributed by atoms with Crippen LogP contribution in [0, 0.1) is 0 Å². The Labute approximate surface area is 308 Å². The van der Waals surface area contributed by atoms with Gasteiger partial charge in [-0.25, -0.2) is 0 Å². The molecule has 0 fully saturated rings. The fourth-order valence-electron chi connectivity index (χ4n) is 6.14. The van der Waals surface area contributed by atoms with Crippen molar-refractivity contribution in [3.8, 4) is 56.8 Å². The van der Waals surface area contributed by atoms with Gasteiger partial charge in [0, 0.05) is 11.1 Å². The van der Waals surface area contributed by atoms with Gasteiger partial charge < -0.3 is 23.7 Å². The van der Waals surface area contributed by atoms with E-state index in [0.29, 0.717) is 24.7 Å². The summed E-state index contributed by atoms with van der Waals surface area (Å²) in [7, 11) is 8.20. The molecule has 6 aromatic carbocycles. The largest absolute Gasteiger partial charge is 0.494 e. The van der Waals surface area contributed by atoms with E-state index in [2.05, 4.69) is 32.6 Å². The summed E-state index contributed by atoms with van der Waals surface area (Å²) in [5.74, 6) is 4.46. The Kier molecular flexibility index (Phi) is 11.1. The van der Waals surface area contributed by atoms with Gasteiger partial charge in [0.15, 0.2) is 0 Å². The lowest BCUT2D eigenvalue weighted by molar-refractivity contribution is -0.0549. The maximum absolute atomic E-state index is 7.12. The number of rotatable bonds is 14. The Morgan fingerprint density at radius 3 is 1.16 bits per heavy atom. The highest BCUT2D eigenvalue weighted by Gasteiger charge is 2.37. The summed E-state index contributed by atoms with van der Waals surface area (Å²) in [5.41, 5.74) is 5.43. The number of para-hydroxylation sites is 2. The van der Waals surface area contributed by atoms with E-state index in [-0.39, 0.29) is 0 Å². The van der Waals surface area contributed by atoms with E-state index < -0.39 is 10.4 Å². The second kappa shape index (κ2) is 15.9. The van der Waals surface area contributed by atoms with Gasteiger partial charge in [-0.3, -0.25) is 0 Å². The van der Waals surface area contributed by atoms with Gasteiger partial charge in [0.2, 0.25) is 0 Å². The van der Waals surface area contributed by atoms with E-state index in [1.807, 2.05) is 161 Å². The van der Waals surface area contributed by atoms with Gasteiger partial charge in [0.05, 0.1) is 44.1 Å². The Balaban J connectivity index is 1.44. The fraction of sp³-hybridized carbons (Fsp3) is 0.182. The van der Waals surface area contributed by atoms with Crippen LogP contribution in [0.1, 0.15) is 38.8 Å². The van der Waals surface area contributed by atoms with Gasteiger partial charge in [0.25, 0.3) is 0 Å². The molecular formula is C44H40O5Si2. The minimum absolute atomic E-state index is 0.589. The third-order valence-corrected chi connectivity index (χ3v) is 9.08. The standard InChI is InChI=1S/C44H40O5Si2/c1-5-45-33-27-23-31(24-28-33)41-37(19-13-21-39(41)47-35-15-9-7-10-16-35)43(3,50)49-44(4,51)38-20-14-22-40(48-36-17-11-8-12-18-36)42(38)32-25-29-34(30-26-32)46-6-2/h7-30H,5-6H2,1-4H3. The van der Waals surface area contributed by atoms with Crippen LogP contribution >= 0.6 is 0 Å². The third-order valence-electron chi connectivity index (χ3n) is 8.34. The van der Waals surface area contributed by atoms with Crippen LogP contribution in [0.3, 0.4) is 0 Å². The smallest absolute Gasteiger partial charge is 0.135 e. The lowest BCUT2D eigenvalue weighted by atomic mass is 9.93. The molecule has 0 spiro atoms. The van der Waals surface area contributed by atoms with Crippen LogP contribution in [0.2, 0.25) is 0 Å². The molecular weight excluding hydrogens is 665 g/mol. The quantitative estimate of drug-likeness (QED) is 0.106. The van der Waals surface area contributed by atoms with Crippen molar-refractivity contribution in [1.82, 2.24) is 0 Å². The van der Waals surface area contributed by atoms with Gasteiger partial charge in [-0.05, 0) is 111 Å². The predicted molar refractivity (Wildman–Crippen MR) is 206 cm³/mol. The number of ether oxygens (including phenoxy) is 5. The maximum Gasteiger partial charge on any atom is 0.135 e. The summed E-state index contributed by atoms with van der Waals surface area (Å²) < 4.78 is 31.7. The van der Waals surface area contributed by atoms with Crippen LogP contribution in [0.5, 0.6) is 34.5 Å². The van der Waals surface area contributed by atoms with Crippen molar-refractivity contribution in [2.24, 2.45) is 0 Å². The molecule has 0 aromatic heterocycles. The van der Waals surface area contributed by atoms with Gasteiger partial charge in [-0.1, -0.05) is 84.9 Å². The van der Waals surface area contributed by atoms with E-state index in [4.69, 9.17) is 23.7 Å². The summed E-state index contributed by atoms with van der Waals surface area (Å²) >= 11 is 0. The molecule has 254 valence electrons. The van der Waals surface area contributed by atoms with Crippen molar-refractivity contribution in [3.05, 3.63) is 157 Å². The molecule has 2 unspecified atom stereocenters. The Morgan fingerprint density at radius 1 is 0.431 bits per heavy atom. The summed E-state index contributed by atoms with van der Waals surface area (Å²) in [6.45, 7) is 9.14. The fourth-order valence-corrected chi connectivity index (χ4v) is 7.07. The van der Waals surface area contributed by atoms with Crippen LogP contribution in [0.4, 0.5) is 0 Å². The van der Waals surface area contributed by atoms with Gasteiger partial charge >= 0.3 is 0 Å². The zero-order valence-electron chi connectivity index (χ0n) is 29.3. The van der Waals surface area contributed by atoms with E-state index in [1.54, 1.807) is 0 Å². The van der Waals surface area contributed by atoms with Crippen LogP contribution in [0.25, 0.3) is 22.3 Å². The van der Waals surface area contributed by atoms with Crippen molar-refractivity contribution in [3.63, 3.8) is 0 Å². The topological polar surface area (TPSA) is 46.2 Å². The predicted octanol–water partition coefficient (Wildman–Crippen LogP) is 10.8. The van der Waals surface area contributed by atoms with Gasteiger partial charge in [-0.2, -0.15) is 0 Å². The summed E-state index contributed by atoms with van der Waals surface area (Å²) in [5, 5.41) is -2.04. The highest BCUT2D eigenvalue weighted by molar-refractivity contribution is 6.18. The van der Waals surface area contributed by atoms with Crippen molar-refractivity contribution >= 4 is 20.5 Å². The molecule has 0 N–H and O–H groups in total. The van der Waals surface area contributed by atoms with Gasteiger partial charge in [0.1, 0.15) is 34.5 Å². The minimum atomic E-state index is -1.02. The second-order valence-electron chi connectivity index (χ2n) is 12.3. The summed E-state index contributed by atoms with van der Waals surface area (Å²) in [6.07, 6.45) is 0. The number of benzene rings is 6. The average molecular weight is 705 g/mol. The van der Waals surface area contributed by atoms with E-state index in [1.165, 1.54) is 0 Å². The first kappa shape index (κ1) is 35.7. The van der Waals surface area contributed by atoms with Crippen LogP contribution in [-0.4, -0.2) is 33.7 Å². The molecule has 6 radical (unpaired) electrons. The second-order valence-corrected chi connectivity index (χ2v) is 14.2. The highest BCUT2D eigenvalue weighted by Crippen LogP contribution is 2.46. The first-order valence-corrected chi connectivity index (χ1v) is 18.1. The highest BCUT2D eigenvalue weighted by atomic mass is 28.2. The van der Waals surface area contributed by atoms with E-state index in [0.717, 1.165) is 56.4 Å². The van der Waals surface area contributed by atoms with Crippen molar-refractivity contribution < 1.29 is 23.7 Å². The zero-order valence-corrected chi connectivity index (χ0v) is 31.3. The SMILES string of the molecule is CCOc1ccc(-c2c(Oc3ccccc3)cccc2C(C)([Si])OC(C)([Si])c2cccc(Oc3ccccc3)c2-c2ccc(OCC)cc2)cc1. The lowest BCUT2D eigenvalue weighted by Gasteiger charge is -2.39. The first-order valence-electron chi connectivity index (χ1n) is 17.1. The molecule has 0 bridgehead atoms. The normalized spacial score (nSPS) is 13.5. The maximum atomic E-state index is 7.12. The molecule has 0 aliphatic carbocycles. The van der Waals surface area contributed by atoms with Crippen molar-refractivity contribution in [1.29, 1.82) is 0 Å². The molecule has 51 heavy (non-hydrogen) atoms. The Morgan fingerprint density at radius 2 is 0.804 bits per heavy atom. The molecule has 0 aliphatic rings. The molecule has 7 heteroatoms. The summed E-state index contributed by atoms with van der Waals surface area (Å²) in [4.78, 5) is 0. The lowest BCUT2D eigenvalue weighted by Crippen LogP contribution is -2.39. The number of hydrogen-bond donors (Lipinski definition) is 0.